The predicted octanol–water partition coefficient (Wildman–Crippen LogP) is 1.21. The van der Waals surface area contributed by atoms with Gasteiger partial charge in [-0.15, -0.1) is 11.3 Å². The van der Waals surface area contributed by atoms with Crippen molar-refractivity contribution in [3.8, 4) is 0 Å². The molecule has 0 saturated carbocycles. The van der Waals surface area contributed by atoms with Gasteiger partial charge in [0.2, 0.25) is 10.0 Å². The van der Waals surface area contributed by atoms with Crippen LogP contribution >= 0.6 is 23.6 Å². The summed E-state index contributed by atoms with van der Waals surface area (Å²) in [5.41, 5.74) is -0.637. The summed E-state index contributed by atoms with van der Waals surface area (Å²) in [6.45, 7) is 1.67. The van der Waals surface area contributed by atoms with Crippen LogP contribution in [0.5, 0.6) is 0 Å². The van der Waals surface area contributed by atoms with Gasteiger partial charge in [0.25, 0.3) is 5.91 Å². The lowest BCUT2D eigenvalue weighted by Crippen LogP contribution is -2.53. The van der Waals surface area contributed by atoms with Gasteiger partial charge in [0.1, 0.15) is 10.5 Å². The number of aromatic nitrogens is 1. The minimum atomic E-state index is -3.55. The molecule has 2 aromatic rings. The minimum Gasteiger partial charge on any atom is -0.350 e. The maximum absolute atomic E-state index is 12.2. The summed E-state index contributed by atoms with van der Waals surface area (Å²) in [6, 6.07) is 8.59. The molecule has 25 heavy (non-hydrogen) atoms. The van der Waals surface area contributed by atoms with Gasteiger partial charge in [0.15, 0.2) is 5.11 Å². The van der Waals surface area contributed by atoms with Crippen LogP contribution in [0.25, 0.3) is 0 Å². The summed E-state index contributed by atoms with van der Waals surface area (Å²) < 4.78 is 26.3. The summed E-state index contributed by atoms with van der Waals surface area (Å²) in [5.74, 6) is -0.665. The van der Waals surface area contributed by atoms with Crippen LogP contribution in [0.15, 0.2) is 41.9 Å². The van der Waals surface area contributed by atoms with Crippen molar-refractivity contribution < 1.29 is 13.2 Å². The highest BCUT2D eigenvalue weighted by atomic mass is 32.2. The number of carbonyl (C=O) groups excluding carboxylic acids is 1. The van der Waals surface area contributed by atoms with Crippen molar-refractivity contribution in [3.63, 3.8) is 0 Å². The second-order valence-corrected chi connectivity index (χ2v) is 8.64. The number of sulfonamides is 1. The molecule has 2 rings (SSSR count). The summed E-state index contributed by atoms with van der Waals surface area (Å²) in [4.78, 5) is 16.4. The first kappa shape index (κ1) is 19.4. The number of hydrogen-bond acceptors (Lipinski definition) is 6. The Morgan fingerprint density at radius 3 is 2.56 bits per heavy atom. The fraction of sp³-hybridized carbons (Fsp3) is 0.267. The molecule has 134 valence electrons. The molecule has 0 unspecified atom stereocenters. The zero-order chi connectivity index (χ0) is 18.5. The van der Waals surface area contributed by atoms with Crippen LogP contribution in [-0.2, 0) is 15.6 Å². The molecule has 1 heterocycles. The van der Waals surface area contributed by atoms with Gasteiger partial charge in [-0.3, -0.25) is 10.1 Å². The normalized spacial score (nSPS) is 13.7. The number of carbonyl (C=O) groups is 1. The van der Waals surface area contributed by atoms with Gasteiger partial charge in [-0.2, -0.15) is 0 Å². The average Bonchev–Trinajstić information content (AvgIpc) is 3.10. The second kappa shape index (κ2) is 8.00. The maximum atomic E-state index is 12.2. The van der Waals surface area contributed by atoms with Gasteiger partial charge < -0.3 is 5.32 Å². The van der Waals surface area contributed by atoms with Gasteiger partial charge in [-0.1, -0.05) is 18.2 Å². The van der Waals surface area contributed by atoms with Gasteiger partial charge in [0.05, 0.1) is 5.75 Å². The molecular weight excluding hydrogens is 380 g/mol. The molecule has 0 aliphatic heterocycles. The van der Waals surface area contributed by atoms with E-state index < -0.39 is 15.6 Å². The van der Waals surface area contributed by atoms with E-state index in [1.807, 2.05) is 0 Å². The van der Waals surface area contributed by atoms with Gasteiger partial charge >= 0.3 is 0 Å². The Kier molecular flexibility index (Phi) is 6.22. The lowest BCUT2D eigenvalue weighted by Gasteiger charge is -2.29. The van der Waals surface area contributed by atoms with Crippen LogP contribution in [0.2, 0.25) is 0 Å². The topological polar surface area (TPSA) is 100 Å². The summed E-state index contributed by atoms with van der Waals surface area (Å²) in [7, 11) is -2.21. The number of thiazole rings is 1. The van der Waals surface area contributed by atoms with Gasteiger partial charge in [0, 0.05) is 17.1 Å². The highest BCUT2D eigenvalue weighted by molar-refractivity contribution is 7.89. The summed E-state index contributed by atoms with van der Waals surface area (Å²) in [6.07, 6.45) is 1.58. The Hall–Kier alpha value is -1.88. The summed E-state index contributed by atoms with van der Waals surface area (Å²) >= 11 is 6.50. The third kappa shape index (κ3) is 5.30. The quantitative estimate of drug-likeness (QED) is 0.633. The van der Waals surface area contributed by atoms with Crippen molar-refractivity contribution in [2.45, 2.75) is 12.5 Å². The van der Waals surface area contributed by atoms with Crippen LogP contribution in [-0.4, -0.2) is 37.2 Å². The number of nitrogens with zero attached hydrogens (tertiary/aromatic N) is 1. The van der Waals surface area contributed by atoms with Gasteiger partial charge in [-0.05, 0) is 38.3 Å². The molecular formula is C15H18N4O3S3. The first-order valence-corrected chi connectivity index (χ1v) is 10.2. The Morgan fingerprint density at radius 1 is 1.32 bits per heavy atom. The van der Waals surface area contributed by atoms with Crippen LogP contribution < -0.4 is 15.4 Å². The van der Waals surface area contributed by atoms with Gasteiger partial charge in [-0.25, -0.2) is 18.1 Å². The van der Waals surface area contributed by atoms with Crippen molar-refractivity contribution >= 4 is 44.6 Å². The number of amides is 1. The molecule has 0 aliphatic rings. The van der Waals surface area contributed by atoms with Crippen molar-refractivity contribution in [1.29, 1.82) is 0 Å². The molecule has 0 fully saturated rings. The number of benzene rings is 1. The van der Waals surface area contributed by atoms with E-state index in [0.717, 1.165) is 0 Å². The molecule has 1 amide bonds. The minimum absolute atomic E-state index is 0.0258. The lowest BCUT2D eigenvalue weighted by atomic mass is 10.1. The number of thiocarbonyl (C=S) groups is 1. The molecule has 0 bridgehead atoms. The smallest absolute Gasteiger partial charge is 0.257 e. The Balaban J connectivity index is 2.16. The van der Waals surface area contributed by atoms with E-state index in [9.17, 15) is 13.2 Å². The molecule has 1 atom stereocenters. The first-order chi connectivity index (χ1) is 11.8. The molecule has 7 nitrogen and oxygen atoms in total. The fourth-order valence-electron chi connectivity index (χ4n) is 2.15. The van der Waals surface area contributed by atoms with E-state index in [2.05, 4.69) is 20.3 Å². The van der Waals surface area contributed by atoms with E-state index in [1.165, 1.54) is 18.4 Å². The number of rotatable bonds is 6. The third-order valence-electron chi connectivity index (χ3n) is 3.35. The van der Waals surface area contributed by atoms with Crippen LogP contribution in [0, 0.1) is 0 Å². The molecule has 1 aromatic heterocycles. The molecule has 0 aliphatic carbocycles. The molecule has 0 saturated heterocycles. The fourth-order valence-corrected chi connectivity index (χ4v) is 4.42. The Bertz CT molecular complexity index is 838. The van der Waals surface area contributed by atoms with E-state index >= 15 is 0 Å². The maximum Gasteiger partial charge on any atom is 0.257 e. The van der Waals surface area contributed by atoms with Crippen molar-refractivity contribution in [1.82, 2.24) is 20.3 Å². The van der Waals surface area contributed by atoms with Crippen LogP contribution in [0.3, 0.4) is 0 Å². The second-order valence-electron chi connectivity index (χ2n) is 5.41. The zero-order valence-corrected chi connectivity index (χ0v) is 16.1. The van der Waals surface area contributed by atoms with Crippen molar-refractivity contribution in [3.05, 3.63) is 52.5 Å². The zero-order valence-electron chi connectivity index (χ0n) is 13.6. The summed E-state index contributed by atoms with van der Waals surface area (Å²) in [5, 5.41) is 7.79. The molecule has 10 heteroatoms. The SMILES string of the molecule is CNS(=O)(=O)C[C@](C)(NC(=S)NC(=O)c1ccccc1)c1nccs1. The lowest BCUT2D eigenvalue weighted by molar-refractivity contribution is 0.0976. The van der Waals surface area contributed by atoms with Crippen molar-refractivity contribution in [2.24, 2.45) is 0 Å². The monoisotopic (exact) mass is 398 g/mol. The molecule has 3 N–H and O–H groups in total. The highest BCUT2D eigenvalue weighted by Crippen LogP contribution is 2.24. The number of nitrogens with one attached hydrogen (secondary N) is 3. The predicted molar refractivity (Wildman–Crippen MR) is 102 cm³/mol. The van der Waals surface area contributed by atoms with E-state index in [4.69, 9.17) is 12.2 Å². The Morgan fingerprint density at radius 2 is 2.00 bits per heavy atom. The molecule has 0 spiro atoms. The first-order valence-electron chi connectivity index (χ1n) is 7.25. The average molecular weight is 399 g/mol. The molecule has 0 radical (unpaired) electrons. The van der Waals surface area contributed by atoms with Crippen LogP contribution in [0.1, 0.15) is 22.3 Å². The van der Waals surface area contributed by atoms with Crippen molar-refractivity contribution in [2.75, 3.05) is 12.8 Å². The standard InChI is InChI=1S/C15H18N4O3S3/c1-15(10-25(21,22)16-2,13-17-8-9-24-13)19-14(23)18-12(20)11-6-4-3-5-7-11/h3-9,16H,10H2,1-2H3,(H2,18,19,20,23)/t15-/m0/s1. The van der Waals surface area contributed by atoms with E-state index in [0.29, 0.717) is 10.6 Å². The van der Waals surface area contributed by atoms with E-state index in [1.54, 1.807) is 48.8 Å². The Labute approximate surface area is 155 Å². The highest BCUT2D eigenvalue weighted by Gasteiger charge is 2.35. The van der Waals surface area contributed by atoms with Crippen LogP contribution in [0.4, 0.5) is 0 Å². The number of hydrogen-bond donors (Lipinski definition) is 3. The molecule has 1 aromatic carbocycles. The largest absolute Gasteiger partial charge is 0.350 e. The third-order valence-corrected chi connectivity index (χ3v) is 6.17. The van der Waals surface area contributed by atoms with E-state index in [-0.39, 0.29) is 16.8 Å².